The first-order valence-corrected chi connectivity index (χ1v) is 6.32. The topological polar surface area (TPSA) is 60.2 Å². The van der Waals surface area contributed by atoms with Crippen molar-refractivity contribution in [2.24, 2.45) is 5.92 Å². The van der Waals surface area contributed by atoms with E-state index < -0.39 is 0 Å². The number of likely N-dealkylation sites (tertiary alicyclic amines) is 1. The van der Waals surface area contributed by atoms with Crippen LogP contribution < -0.4 is 0 Å². The van der Waals surface area contributed by atoms with Gasteiger partial charge in [0.05, 0.1) is 12.3 Å². The van der Waals surface area contributed by atoms with Crippen molar-refractivity contribution in [2.75, 3.05) is 20.2 Å². The van der Waals surface area contributed by atoms with Crippen molar-refractivity contribution in [3.05, 3.63) is 11.9 Å². The molecule has 1 fully saturated rings. The van der Waals surface area contributed by atoms with Gasteiger partial charge in [0.25, 0.3) is 5.91 Å². The summed E-state index contributed by atoms with van der Waals surface area (Å²) in [5, 5.41) is 7.92. The third-order valence-corrected chi connectivity index (χ3v) is 3.08. The van der Waals surface area contributed by atoms with Crippen molar-refractivity contribution in [1.29, 1.82) is 0 Å². The van der Waals surface area contributed by atoms with Crippen LogP contribution in [0.2, 0.25) is 0 Å². The molecule has 1 aliphatic heterocycles. The van der Waals surface area contributed by atoms with Crippen LogP contribution in [0.25, 0.3) is 0 Å². The van der Waals surface area contributed by atoms with Crippen LogP contribution >= 0.6 is 0 Å². The minimum atomic E-state index is -0.0513. The third kappa shape index (κ3) is 2.87. The number of rotatable bonds is 4. The second-order valence-electron chi connectivity index (χ2n) is 5.12. The van der Waals surface area contributed by atoms with Crippen LogP contribution in [0.4, 0.5) is 0 Å². The van der Waals surface area contributed by atoms with Gasteiger partial charge in [-0.25, -0.2) is 0 Å². The van der Waals surface area contributed by atoms with Gasteiger partial charge in [-0.2, -0.15) is 0 Å². The molecule has 0 N–H and O–H groups in total. The van der Waals surface area contributed by atoms with Gasteiger partial charge in [0.1, 0.15) is 0 Å². The second kappa shape index (κ2) is 5.48. The summed E-state index contributed by atoms with van der Waals surface area (Å²) in [4.78, 5) is 13.9. The zero-order valence-corrected chi connectivity index (χ0v) is 11.2. The Hall–Kier alpha value is -1.43. The van der Waals surface area contributed by atoms with Gasteiger partial charge in [0, 0.05) is 26.7 Å². The molecule has 0 aromatic carbocycles. The normalized spacial score (nSPS) is 19.8. The molecule has 6 nitrogen and oxygen atoms in total. The van der Waals surface area contributed by atoms with Crippen molar-refractivity contribution in [3.63, 3.8) is 0 Å². The quantitative estimate of drug-likeness (QED) is 0.795. The van der Waals surface area contributed by atoms with Crippen molar-refractivity contribution in [2.45, 2.75) is 32.9 Å². The van der Waals surface area contributed by atoms with E-state index in [0.717, 1.165) is 19.5 Å². The number of amides is 1. The minimum absolute atomic E-state index is 0.0513. The Morgan fingerprint density at radius 3 is 3.00 bits per heavy atom. The van der Waals surface area contributed by atoms with Crippen LogP contribution in [0.15, 0.2) is 6.20 Å². The zero-order chi connectivity index (χ0) is 13.1. The Bertz CT molecular complexity index is 416. The van der Waals surface area contributed by atoms with Crippen LogP contribution in [0.1, 0.15) is 30.8 Å². The fourth-order valence-corrected chi connectivity index (χ4v) is 2.13. The van der Waals surface area contributed by atoms with Crippen molar-refractivity contribution in [3.8, 4) is 0 Å². The van der Waals surface area contributed by atoms with E-state index >= 15 is 0 Å². The van der Waals surface area contributed by atoms with Crippen LogP contribution in [0.3, 0.4) is 0 Å². The molecule has 2 rings (SSSR count). The maximum absolute atomic E-state index is 12.2. The van der Waals surface area contributed by atoms with E-state index in [1.807, 2.05) is 0 Å². The molecule has 1 aromatic heterocycles. The molecule has 0 saturated carbocycles. The highest BCUT2D eigenvalue weighted by molar-refractivity contribution is 5.92. The SMILES string of the molecule is COC1CCN(C(=O)c2cn(CC(C)C)nn2)C1. The lowest BCUT2D eigenvalue weighted by molar-refractivity contribution is 0.0719. The van der Waals surface area contributed by atoms with E-state index in [4.69, 9.17) is 4.74 Å². The molecule has 2 heterocycles. The highest BCUT2D eigenvalue weighted by Gasteiger charge is 2.28. The number of methoxy groups -OCH3 is 1. The number of ether oxygens (including phenoxy) is 1. The predicted octanol–water partition coefficient (Wildman–Crippen LogP) is 0.795. The van der Waals surface area contributed by atoms with Crippen molar-refractivity contribution < 1.29 is 9.53 Å². The Morgan fingerprint density at radius 2 is 2.39 bits per heavy atom. The molecule has 6 heteroatoms. The summed E-state index contributed by atoms with van der Waals surface area (Å²) in [5.41, 5.74) is 0.424. The molecule has 1 aliphatic rings. The van der Waals surface area contributed by atoms with E-state index in [1.165, 1.54) is 0 Å². The van der Waals surface area contributed by atoms with E-state index in [2.05, 4.69) is 24.2 Å². The lowest BCUT2D eigenvalue weighted by Gasteiger charge is -2.13. The molecule has 100 valence electrons. The fraction of sp³-hybridized carbons (Fsp3) is 0.750. The number of hydrogen-bond acceptors (Lipinski definition) is 4. The number of aromatic nitrogens is 3. The highest BCUT2D eigenvalue weighted by atomic mass is 16.5. The third-order valence-electron chi connectivity index (χ3n) is 3.08. The number of carbonyl (C=O) groups excluding carboxylic acids is 1. The molecular formula is C12H20N4O2. The number of hydrogen-bond donors (Lipinski definition) is 0. The van der Waals surface area contributed by atoms with E-state index in [0.29, 0.717) is 18.2 Å². The molecule has 0 bridgehead atoms. The maximum Gasteiger partial charge on any atom is 0.276 e. The van der Waals surface area contributed by atoms with Crippen molar-refractivity contribution >= 4 is 5.91 Å². The largest absolute Gasteiger partial charge is 0.380 e. The predicted molar refractivity (Wildman–Crippen MR) is 66.2 cm³/mol. The van der Waals surface area contributed by atoms with Crippen molar-refractivity contribution in [1.82, 2.24) is 19.9 Å². The lowest BCUT2D eigenvalue weighted by atomic mass is 10.2. The lowest BCUT2D eigenvalue weighted by Crippen LogP contribution is -2.30. The average Bonchev–Trinajstić information content (AvgIpc) is 2.95. The standard InChI is InChI=1S/C12H20N4O2/c1-9(2)6-16-8-11(13-14-16)12(17)15-5-4-10(7-15)18-3/h8-10H,4-7H2,1-3H3. The van der Waals surface area contributed by atoms with E-state index in [1.54, 1.807) is 22.9 Å². The smallest absolute Gasteiger partial charge is 0.276 e. The molecule has 1 unspecified atom stereocenters. The molecule has 18 heavy (non-hydrogen) atoms. The molecule has 1 amide bonds. The first-order valence-electron chi connectivity index (χ1n) is 6.32. The molecule has 1 saturated heterocycles. The average molecular weight is 252 g/mol. The summed E-state index contributed by atoms with van der Waals surface area (Å²) in [6.45, 7) is 6.36. The first-order chi connectivity index (χ1) is 8.60. The number of carbonyl (C=O) groups is 1. The van der Waals surface area contributed by atoms with Gasteiger partial charge in [-0.05, 0) is 12.3 Å². The Kier molecular flexibility index (Phi) is 3.96. The van der Waals surface area contributed by atoms with Gasteiger partial charge < -0.3 is 9.64 Å². The first kappa shape index (κ1) is 13.0. The highest BCUT2D eigenvalue weighted by Crippen LogP contribution is 2.14. The summed E-state index contributed by atoms with van der Waals surface area (Å²) in [7, 11) is 1.68. The molecule has 0 aliphatic carbocycles. The van der Waals surface area contributed by atoms with E-state index in [9.17, 15) is 4.79 Å². The summed E-state index contributed by atoms with van der Waals surface area (Å²) >= 11 is 0. The monoisotopic (exact) mass is 252 g/mol. The van der Waals surface area contributed by atoms with Crippen LogP contribution in [-0.4, -0.2) is 52.1 Å². The van der Waals surface area contributed by atoms with Gasteiger partial charge >= 0.3 is 0 Å². The minimum Gasteiger partial charge on any atom is -0.380 e. The summed E-state index contributed by atoms with van der Waals surface area (Å²) < 4.78 is 6.97. The zero-order valence-electron chi connectivity index (χ0n) is 11.2. The molecular weight excluding hydrogens is 232 g/mol. The molecule has 0 spiro atoms. The summed E-state index contributed by atoms with van der Waals surface area (Å²) in [6, 6.07) is 0. The van der Waals surface area contributed by atoms with Crippen LogP contribution in [-0.2, 0) is 11.3 Å². The fourth-order valence-electron chi connectivity index (χ4n) is 2.13. The maximum atomic E-state index is 12.2. The van der Waals surface area contributed by atoms with Gasteiger partial charge in [-0.3, -0.25) is 9.48 Å². The second-order valence-corrected chi connectivity index (χ2v) is 5.12. The summed E-state index contributed by atoms with van der Waals surface area (Å²) in [5.74, 6) is 0.434. The van der Waals surface area contributed by atoms with Gasteiger partial charge in [0.2, 0.25) is 0 Å². The Labute approximate surface area is 107 Å². The molecule has 0 radical (unpaired) electrons. The van der Waals surface area contributed by atoms with E-state index in [-0.39, 0.29) is 12.0 Å². The molecule has 1 atom stereocenters. The van der Waals surface area contributed by atoms with Gasteiger partial charge in [-0.1, -0.05) is 19.1 Å². The molecule has 1 aromatic rings. The van der Waals surface area contributed by atoms with Crippen LogP contribution in [0.5, 0.6) is 0 Å². The number of nitrogens with zero attached hydrogens (tertiary/aromatic N) is 4. The van der Waals surface area contributed by atoms with Gasteiger partial charge in [-0.15, -0.1) is 5.10 Å². The van der Waals surface area contributed by atoms with Crippen LogP contribution in [0, 0.1) is 5.92 Å². The Morgan fingerprint density at radius 1 is 1.61 bits per heavy atom. The van der Waals surface area contributed by atoms with Gasteiger partial charge in [0.15, 0.2) is 5.69 Å². The Balaban J connectivity index is 1.99. The summed E-state index contributed by atoms with van der Waals surface area (Å²) in [6.07, 6.45) is 2.77.